The van der Waals surface area contributed by atoms with Crippen molar-refractivity contribution in [2.45, 2.75) is 6.92 Å². The van der Waals surface area contributed by atoms with E-state index >= 15 is 0 Å². The van der Waals surface area contributed by atoms with Gasteiger partial charge in [-0.15, -0.1) is 12.4 Å². The van der Waals surface area contributed by atoms with E-state index in [-0.39, 0.29) is 12.4 Å². The third-order valence-electron chi connectivity index (χ3n) is 6.54. The maximum atomic E-state index is 13.5. The molecular weight excluding hydrogens is 502 g/mol. The highest BCUT2D eigenvalue weighted by molar-refractivity contribution is 5.85. The zero-order valence-corrected chi connectivity index (χ0v) is 21.5. The van der Waals surface area contributed by atoms with E-state index in [2.05, 4.69) is 26.0 Å². The van der Waals surface area contributed by atoms with Crippen molar-refractivity contribution in [2.75, 3.05) is 74.6 Å². The molecule has 4 heterocycles. The number of morpholine rings is 1. The molecule has 2 saturated heterocycles. The first-order valence-corrected chi connectivity index (χ1v) is 12.1. The summed E-state index contributed by atoms with van der Waals surface area (Å²) in [5.74, 6) is 0.513. The van der Waals surface area contributed by atoms with Crippen LogP contribution in [0.5, 0.6) is 0 Å². The first kappa shape index (κ1) is 26.8. The van der Waals surface area contributed by atoms with Crippen LogP contribution in [0.3, 0.4) is 0 Å². The number of ether oxygens (including phenoxy) is 1. The lowest BCUT2D eigenvalue weighted by molar-refractivity contribution is 0.122. The predicted molar refractivity (Wildman–Crippen MR) is 143 cm³/mol. The van der Waals surface area contributed by atoms with E-state index in [9.17, 15) is 8.78 Å². The molecule has 0 radical (unpaired) electrons. The number of hydrogen-bond donors (Lipinski definition) is 1. The van der Waals surface area contributed by atoms with Crippen LogP contribution in [0.4, 0.5) is 26.1 Å². The van der Waals surface area contributed by atoms with Gasteiger partial charge >= 0.3 is 0 Å². The Hall–Kier alpha value is -3.28. The van der Waals surface area contributed by atoms with Crippen molar-refractivity contribution in [2.24, 2.45) is 0 Å². The van der Waals surface area contributed by atoms with Crippen LogP contribution in [0, 0.1) is 18.6 Å². The molecule has 9 nitrogen and oxygen atoms in total. The minimum Gasteiger partial charge on any atom is -0.383 e. The quantitative estimate of drug-likeness (QED) is 0.518. The number of rotatable bonds is 6. The van der Waals surface area contributed by atoms with Crippen LogP contribution in [-0.2, 0) is 4.74 Å². The van der Waals surface area contributed by atoms with Gasteiger partial charge in [0.1, 0.15) is 23.3 Å². The Bertz CT molecular complexity index is 1220. The molecule has 0 aliphatic carbocycles. The second-order valence-corrected chi connectivity index (χ2v) is 8.97. The summed E-state index contributed by atoms with van der Waals surface area (Å²) in [4.78, 5) is 15.5. The normalized spacial score (nSPS) is 16.8. The lowest BCUT2D eigenvalue weighted by Crippen LogP contribution is -2.46. The van der Waals surface area contributed by atoms with Gasteiger partial charge in [-0.05, 0) is 19.1 Å². The first-order valence-electron chi connectivity index (χ1n) is 12.1. The van der Waals surface area contributed by atoms with Crippen molar-refractivity contribution in [3.63, 3.8) is 0 Å². The fourth-order valence-corrected chi connectivity index (χ4v) is 4.52. The van der Waals surface area contributed by atoms with Gasteiger partial charge in [0, 0.05) is 69.2 Å². The average Bonchev–Trinajstić information content (AvgIpc) is 3.24. The van der Waals surface area contributed by atoms with Crippen LogP contribution in [0.15, 0.2) is 36.5 Å². The Morgan fingerprint density at radius 3 is 2.35 bits per heavy atom. The van der Waals surface area contributed by atoms with Crippen molar-refractivity contribution in [3.05, 3.63) is 59.4 Å². The number of anilines is 3. The highest BCUT2D eigenvalue weighted by Gasteiger charge is 2.19. The van der Waals surface area contributed by atoms with Gasteiger partial charge in [0.05, 0.1) is 25.1 Å². The Labute approximate surface area is 220 Å². The highest BCUT2D eigenvalue weighted by Crippen LogP contribution is 2.21. The zero-order valence-electron chi connectivity index (χ0n) is 20.7. The monoisotopic (exact) mass is 532 g/mol. The minimum atomic E-state index is -0.549. The summed E-state index contributed by atoms with van der Waals surface area (Å²) in [6.07, 6.45) is 5.94. The standard InChI is InChI=1S/C25H30F2N8O.ClH/c1-18-19(3-2-4-32-5-7-33(8-6-32)22-14-20(26)13-21(27)15-22)17-29-35(18)25-30-23(28)16-24(31-25)34-9-11-36-12-10-34;/h2-3,13-17H,4-12H2,1H3,(H2,28,30,31);1H/b3-2+;. The fraction of sp³-hybridized carbons (Fsp3) is 0.400. The molecule has 0 unspecified atom stereocenters. The molecule has 2 aromatic heterocycles. The maximum absolute atomic E-state index is 13.5. The molecule has 3 aromatic rings. The van der Waals surface area contributed by atoms with E-state index in [1.54, 1.807) is 16.9 Å². The summed E-state index contributed by atoms with van der Waals surface area (Å²) in [5, 5.41) is 4.50. The minimum absolute atomic E-state index is 0. The summed E-state index contributed by atoms with van der Waals surface area (Å²) in [5.41, 5.74) is 8.56. The fourth-order valence-electron chi connectivity index (χ4n) is 4.52. The Morgan fingerprint density at radius 1 is 0.946 bits per heavy atom. The molecule has 0 bridgehead atoms. The van der Waals surface area contributed by atoms with E-state index in [4.69, 9.17) is 15.5 Å². The third-order valence-corrected chi connectivity index (χ3v) is 6.54. The molecule has 2 N–H and O–H groups in total. The van der Waals surface area contributed by atoms with Gasteiger partial charge in [-0.3, -0.25) is 4.90 Å². The molecule has 12 heteroatoms. The molecule has 2 fully saturated rings. The van der Waals surface area contributed by atoms with Crippen LogP contribution in [0.1, 0.15) is 11.3 Å². The van der Waals surface area contributed by atoms with Gasteiger partial charge in [0.25, 0.3) is 5.95 Å². The molecule has 0 spiro atoms. The van der Waals surface area contributed by atoms with E-state index in [1.165, 1.54) is 12.1 Å². The Morgan fingerprint density at radius 2 is 1.65 bits per heavy atom. The molecule has 2 aliphatic heterocycles. The van der Waals surface area contributed by atoms with Gasteiger partial charge in [0.15, 0.2) is 0 Å². The van der Waals surface area contributed by atoms with Crippen LogP contribution < -0.4 is 15.5 Å². The predicted octanol–water partition coefficient (Wildman–Crippen LogP) is 2.92. The SMILES string of the molecule is Cc1c(/C=C/CN2CCN(c3cc(F)cc(F)c3)CC2)cnn1-c1nc(N)cc(N2CCOCC2)n1.Cl. The first-order chi connectivity index (χ1) is 17.5. The van der Waals surface area contributed by atoms with Gasteiger partial charge in [-0.2, -0.15) is 15.1 Å². The molecule has 2 aliphatic rings. The number of nitrogens with two attached hydrogens (primary N) is 1. The van der Waals surface area contributed by atoms with E-state index < -0.39 is 11.6 Å². The van der Waals surface area contributed by atoms with Crippen LogP contribution in [-0.4, -0.2) is 83.7 Å². The zero-order chi connectivity index (χ0) is 25.1. The third kappa shape index (κ3) is 6.35. The van der Waals surface area contributed by atoms with Gasteiger partial charge < -0.3 is 20.3 Å². The van der Waals surface area contributed by atoms with Crippen molar-refractivity contribution in [3.8, 4) is 5.95 Å². The molecule has 1 aromatic carbocycles. The summed E-state index contributed by atoms with van der Waals surface area (Å²) < 4.78 is 34.2. The lowest BCUT2D eigenvalue weighted by Gasteiger charge is -2.35. The second kappa shape index (κ2) is 11.8. The molecule has 0 atom stereocenters. The van der Waals surface area contributed by atoms with Crippen molar-refractivity contribution in [1.82, 2.24) is 24.6 Å². The van der Waals surface area contributed by atoms with Crippen molar-refractivity contribution < 1.29 is 13.5 Å². The summed E-state index contributed by atoms with van der Waals surface area (Å²) >= 11 is 0. The molecule has 37 heavy (non-hydrogen) atoms. The average molecular weight is 533 g/mol. The summed E-state index contributed by atoms with van der Waals surface area (Å²) in [6, 6.07) is 5.44. The lowest BCUT2D eigenvalue weighted by atomic mass is 10.2. The molecule has 198 valence electrons. The van der Waals surface area contributed by atoms with Crippen LogP contribution >= 0.6 is 12.4 Å². The second-order valence-electron chi connectivity index (χ2n) is 8.97. The Balaban J connectivity index is 0.00000320. The van der Waals surface area contributed by atoms with E-state index in [1.807, 2.05) is 17.9 Å². The van der Waals surface area contributed by atoms with Crippen LogP contribution in [0.2, 0.25) is 0 Å². The van der Waals surface area contributed by atoms with Gasteiger partial charge in [-0.25, -0.2) is 13.5 Å². The molecule has 5 rings (SSSR count). The summed E-state index contributed by atoms with van der Waals surface area (Å²) in [7, 11) is 0. The number of aromatic nitrogens is 4. The van der Waals surface area contributed by atoms with Gasteiger partial charge in [0.2, 0.25) is 0 Å². The molecule has 0 amide bonds. The number of nitrogen functional groups attached to an aromatic ring is 1. The number of halogens is 3. The largest absolute Gasteiger partial charge is 0.383 e. The topological polar surface area (TPSA) is 88.6 Å². The smallest absolute Gasteiger partial charge is 0.254 e. The Kier molecular flexibility index (Phi) is 8.57. The van der Waals surface area contributed by atoms with Gasteiger partial charge in [-0.1, -0.05) is 12.2 Å². The summed E-state index contributed by atoms with van der Waals surface area (Å²) in [6.45, 7) is 8.63. The number of benzene rings is 1. The number of nitrogens with zero attached hydrogens (tertiary/aromatic N) is 7. The van der Waals surface area contributed by atoms with Crippen molar-refractivity contribution >= 4 is 35.8 Å². The highest BCUT2D eigenvalue weighted by atomic mass is 35.5. The molecule has 0 saturated carbocycles. The van der Waals surface area contributed by atoms with E-state index in [0.29, 0.717) is 43.8 Å². The number of piperazine rings is 1. The van der Waals surface area contributed by atoms with E-state index in [0.717, 1.165) is 55.9 Å². The number of hydrogen-bond acceptors (Lipinski definition) is 8. The van der Waals surface area contributed by atoms with Crippen LogP contribution in [0.25, 0.3) is 12.0 Å². The molecular formula is C25H31ClF2N8O. The van der Waals surface area contributed by atoms with Crippen molar-refractivity contribution in [1.29, 1.82) is 0 Å². The maximum Gasteiger partial charge on any atom is 0.254 e.